The molecule has 14 heavy (non-hydrogen) atoms. The van der Waals surface area contributed by atoms with Gasteiger partial charge in [-0.2, -0.15) is 0 Å². The van der Waals surface area contributed by atoms with Crippen LogP contribution >= 0.6 is 11.8 Å². The topological polar surface area (TPSA) is 26.0 Å². The van der Waals surface area contributed by atoms with Crippen LogP contribution in [0.1, 0.15) is 33.1 Å². The number of thioether (sulfide) groups is 1. The molecule has 0 spiro atoms. The van der Waals surface area contributed by atoms with Crippen molar-refractivity contribution in [3.63, 3.8) is 0 Å². The molecule has 0 aromatic heterocycles. The molecule has 2 N–H and O–H groups in total. The van der Waals surface area contributed by atoms with E-state index >= 15 is 0 Å². The van der Waals surface area contributed by atoms with E-state index < -0.39 is 0 Å². The molecule has 0 aliphatic carbocycles. The second-order valence-electron chi connectivity index (χ2n) is 3.83. The lowest BCUT2D eigenvalue weighted by atomic mass is 10.1. The number of benzene rings is 1. The van der Waals surface area contributed by atoms with Gasteiger partial charge in [-0.25, -0.2) is 0 Å². The molecule has 0 amide bonds. The van der Waals surface area contributed by atoms with Crippen molar-refractivity contribution >= 4 is 11.8 Å². The number of unbranched alkanes of at least 4 members (excludes halogenated alkanes) is 1. The Hall–Kier alpha value is -0.470. The Kier molecular flexibility index (Phi) is 4.49. The van der Waals surface area contributed by atoms with E-state index in [1.807, 2.05) is 6.07 Å². The van der Waals surface area contributed by atoms with Crippen LogP contribution in [-0.4, -0.2) is 4.87 Å². The zero-order valence-corrected chi connectivity index (χ0v) is 9.81. The number of hydrogen-bond donors (Lipinski definition) is 1. The predicted octanol–water partition coefficient (Wildman–Crippen LogP) is 3.64. The molecule has 2 heteroatoms. The average molecular weight is 209 g/mol. The van der Waals surface area contributed by atoms with Crippen LogP contribution in [0, 0.1) is 0 Å². The van der Waals surface area contributed by atoms with E-state index in [1.165, 1.54) is 17.7 Å². The smallest absolute Gasteiger partial charge is 0.0638 e. The summed E-state index contributed by atoms with van der Waals surface area (Å²) in [5.74, 6) is 0. The lowest BCUT2D eigenvalue weighted by molar-refractivity contribution is 0.572. The van der Waals surface area contributed by atoms with Gasteiger partial charge in [-0.15, -0.1) is 11.8 Å². The van der Waals surface area contributed by atoms with Crippen molar-refractivity contribution in [1.82, 2.24) is 0 Å². The van der Waals surface area contributed by atoms with Crippen molar-refractivity contribution < 1.29 is 0 Å². The predicted molar refractivity (Wildman–Crippen MR) is 64.4 cm³/mol. The first-order chi connectivity index (χ1) is 6.64. The Morgan fingerprint density at radius 1 is 1.29 bits per heavy atom. The second-order valence-corrected chi connectivity index (χ2v) is 5.44. The van der Waals surface area contributed by atoms with Crippen molar-refractivity contribution in [2.75, 3.05) is 0 Å². The molecule has 0 aliphatic heterocycles. The first-order valence-corrected chi connectivity index (χ1v) is 5.98. The Labute approximate surface area is 91.1 Å². The highest BCUT2D eigenvalue weighted by molar-refractivity contribution is 8.00. The summed E-state index contributed by atoms with van der Waals surface area (Å²) in [5.41, 5.74) is 6.20. The zero-order valence-electron chi connectivity index (χ0n) is 8.99. The SMILES string of the molecule is CCCCC(C)(N)Sc1ccccc1. The van der Waals surface area contributed by atoms with Gasteiger partial charge in [-0.1, -0.05) is 38.0 Å². The molecule has 0 radical (unpaired) electrons. The van der Waals surface area contributed by atoms with Crippen molar-refractivity contribution in [1.29, 1.82) is 0 Å². The minimum Gasteiger partial charge on any atom is -0.317 e. The lowest BCUT2D eigenvalue weighted by Gasteiger charge is -2.23. The van der Waals surface area contributed by atoms with E-state index in [0.717, 1.165) is 6.42 Å². The Morgan fingerprint density at radius 2 is 1.93 bits per heavy atom. The lowest BCUT2D eigenvalue weighted by Crippen LogP contribution is -2.31. The maximum Gasteiger partial charge on any atom is 0.0638 e. The first-order valence-electron chi connectivity index (χ1n) is 5.17. The Bertz CT molecular complexity index is 256. The molecule has 1 aromatic carbocycles. The minimum atomic E-state index is -0.128. The summed E-state index contributed by atoms with van der Waals surface area (Å²) < 4.78 is 0. The molecule has 0 saturated heterocycles. The first kappa shape index (κ1) is 11.6. The fourth-order valence-corrected chi connectivity index (χ4v) is 2.41. The maximum absolute atomic E-state index is 6.20. The van der Waals surface area contributed by atoms with Crippen LogP contribution in [0.4, 0.5) is 0 Å². The molecule has 0 saturated carbocycles. The second kappa shape index (κ2) is 5.42. The summed E-state index contributed by atoms with van der Waals surface area (Å²) in [6.45, 7) is 4.31. The standard InChI is InChI=1S/C12H19NS/c1-3-4-10-12(2,13)14-11-8-6-5-7-9-11/h5-9H,3-4,10,13H2,1-2H3. The van der Waals surface area contributed by atoms with Gasteiger partial charge in [0.15, 0.2) is 0 Å². The van der Waals surface area contributed by atoms with Crippen molar-refractivity contribution in [3.05, 3.63) is 30.3 Å². The molecule has 1 aromatic rings. The third kappa shape index (κ3) is 4.16. The van der Waals surface area contributed by atoms with Crippen LogP contribution in [-0.2, 0) is 0 Å². The van der Waals surface area contributed by atoms with Gasteiger partial charge >= 0.3 is 0 Å². The molecule has 0 aliphatic rings. The molecular formula is C12H19NS. The molecule has 1 nitrogen and oxygen atoms in total. The summed E-state index contributed by atoms with van der Waals surface area (Å²) >= 11 is 1.76. The fraction of sp³-hybridized carbons (Fsp3) is 0.500. The van der Waals surface area contributed by atoms with Crippen molar-refractivity contribution in [2.24, 2.45) is 5.73 Å². The van der Waals surface area contributed by atoms with Crippen LogP contribution in [0.5, 0.6) is 0 Å². The van der Waals surface area contributed by atoms with Gasteiger partial charge in [0.1, 0.15) is 0 Å². The molecule has 78 valence electrons. The zero-order chi connectivity index (χ0) is 10.4. The van der Waals surface area contributed by atoms with E-state index in [1.54, 1.807) is 11.8 Å². The van der Waals surface area contributed by atoms with Gasteiger partial charge in [0.2, 0.25) is 0 Å². The molecule has 0 fully saturated rings. The van der Waals surface area contributed by atoms with E-state index in [9.17, 15) is 0 Å². The van der Waals surface area contributed by atoms with E-state index in [-0.39, 0.29) is 4.87 Å². The largest absolute Gasteiger partial charge is 0.317 e. The van der Waals surface area contributed by atoms with Crippen LogP contribution < -0.4 is 5.73 Å². The van der Waals surface area contributed by atoms with Gasteiger partial charge in [0.25, 0.3) is 0 Å². The normalized spacial score (nSPS) is 15.1. The maximum atomic E-state index is 6.20. The van der Waals surface area contributed by atoms with E-state index in [0.29, 0.717) is 0 Å². The molecule has 1 rings (SSSR count). The number of nitrogens with two attached hydrogens (primary N) is 1. The number of hydrogen-bond acceptors (Lipinski definition) is 2. The highest BCUT2D eigenvalue weighted by atomic mass is 32.2. The third-order valence-corrected chi connectivity index (χ3v) is 3.30. The summed E-state index contributed by atoms with van der Waals surface area (Å²) in [6, 6.07) is 10.4. The van der Waals surface area contributed by atoms with Crippen LogP contribution in [0.3, 0.4) is 0 Å². The third-order valence-electron chi connectivity index (χ3n) is 2.12. The van der Waals surface area contributed by atoms with E-state index in [2.05, 4.69) is 38.1 Å². The fourth-order valence-electron chi connectivity index (χ4n) is 1.34. The Balaban J connectivity index is 2.50. The van der Waals surface area contributed by atoms with Crippen molar-refractivity contribution in [3.8, 4) is 0 Å². The van der Waals surface area contributed by atoms with Gasteiger partial charge in [-0.3, -0.25) is 0 Å². The quantitative estimate of drug-likeness (QED) is 0.592. The molecule has 1 atom stereocenters. The summed E-state index contributed by atoms with van der Waals surface area (Å²) in [7, 11) is 0. The van der Waals surface area contributed by atoms with E-state index in [4.69, 9.17) is 5.73 Å². The molecule has 0 bridgehead atoms. The molecular weight excluding hydrogens is 190 g/mol. The van der Waals surface area contributed by atoms with Gasteiger partial charge in [0.05, 0.1) is 4.87 Å². The average Bonchev–Trinajstić information content (AvgIpc) is 2.16. The van der Waals surface area contributed by atoms with Crippen LogP contribution in [0.25, 0.3) is 0 Å². The van der Waals surface area contributed by atoms with Crippen LogP contribution in [0.15, 0.2) is 35.2 Å². The van der Waals surface area contributed by atoms with Gasteiger partial charge in [0, 0.05) is 4.90 Å². The van der Waals surface area contributed by atoms with Gasteiger partial charge in [-0.05, 0) is 25.5 Å². The monoisotopic (exact) mass is 209 g/mol. The molecule has 1 unspecified atom stereocenters. The highest BCUT2D eigenvalue weighted by Crippen LogP contribution is 2.31. The summed E-state index contributed by atoms with van der Waals surface area (Å²) in [6.07, 6.45) is 3.48. The van der Waals surface area contributed by atoms with Gasteiger partial charge < -0.3 is 5.73 Å². The summed E-state index contributed by atoms with van der Waals surface area (Å²) in [4.78, 5) is 1.13. The number of rotatable bonds is 5. The highest BCUT2D eigenvalue weighted by Gasteiger charge is 2.18. The van der Waals surface area contributed by atoms with Crippen LogP contribution in [0.2, 0.25) is 0 Å². The minimum absolute atomic E-state index is 0.128. The molecule has 0 heterocycles. The van der Waals surface area contributed by atoms with Crippen molar-refractivity contribution in [2.45, 2.75) is 42.9 Å². The summed E-state index contributed by atoms with van der Waals surface area (Å²) in [5, 5.41) is 0. The Morgan fingerprint density at radius 3 is 2.50 bits per heavy atom.